The van der Waals surface area contributed by atoms with E-state index in [4.69, 9.17) is 13.9 Å². The van der Waals surface area contributed by atoms with Crippen LogP contribution in [0.2, 0.25) is 0 Å². The number of hydrogen-bond donors (Lipinski definition) is 1. The van der Waals surface area contributed by atoms with Crippen LogP contribution in [-0.2, 0) is 4.79 Å². The van der Waals surface area contributed by atoms with Crippen LogP contribution >= 0.6 is 11.8 Å². The van der Waals surface area contributed by atoms with Crippen LogP contribution in [0.15, 0.2) is 39.9 Å². The van der Waals surface area contributed by atoms with Gasteiger partial charge in [0.1, 0.15) is 28.8 Å². The van der Waals surface area contributed by atoms with Gasteiger partial charge >= 0.3 is 0 Å². The average molecular weight is 455 g/mol. The van der Waals surface area contributed by atoms with Gasteiger partial charge in [0.15, 0.2) is 0 Å². The highest BCUT2D eigenvalue weighted by Crippen LogP contribution is 2.39. The van der Waals surface area contributed by atoms with Crippen LogP contribution in [0.3, 0.4) is 0 Å². The largest absolute Gasteiger partial charge is 0.497 e. The number of nitrogens with one attached hydrogen (secondary N) is 1. The van der Waals surface area contributed by atoms with Crippen molar-refractivity contribution in [1.29, 1.82) is 0 Å². The summed E-state index contributed by atoms with van der Waals surface area (Å²) < 4.78 is 16.4. The van der Waals surface area contributed by atoms with E-state index >= 15 is 0 Å². The molecular weight excluding hydrogens is 428 g/mol. The summed E-state index contributed by atoms with van der Waals surface area (Å²) in [5.41, 5.74) is 0.973. The number of carbonyl (C=O) groups is 1. The van der Waals surface area contributed by atoms with Crippen molar-refractivity contribution >= 4 is 29.8 Å². The Kier molecular flexibility index (Phi) is 6.84. The Morgan fingerprint density at radius 1 is 1.28 bits per heavy atom. The van der Waals surface area contributed by atoms with Crippen molar-refractivity contribution in [3.8, 4) is 11.5 Å². The van der Waals surface area contributed by atoms with Gasteiger partial charge in [-0.25, -0.2) is 4.98 Å². The van der Waals surface area contributed by atoms with E-state index in [9.17, 15) is 4.79 Å². The molecule has 4 rings (SSSR count). The van der Waals surface area contributed by atoms with E-state index in [0.717, 1.165) is 48.0 Å². The number of nitrogens with zero attached hydrogens (tertiary/aromatic N) is 3. The van der Waals surface area contributed by atoms with Gasteiger partial charge in [0.2, 0.25) is 11.1 Å². The molecule has 0 radical (unpaired) electrons. The molecule has 168 valence electrons. The molecule has 3 heterocycles. The van der Waals surface area contributed by atoms with E-state index in [1.165, 1.54) is 11.8 Å². The number of carbonyl (C=O) groups excluding carboxylic acids is 1. The highest BCUT2D eigenvalue weighted by atomic mass is 32.2. The fourth-order valence-corrected chi connectivity index (χ4v) is 4.49. The molecule has 1 amide bonds. The van der Waals surface area contributed by atoms with Gasteiger partial charge in [0.05, 0.1) is 26.0 Å². The number of furan rings is 1. The molecule has 0 spiro atoms. The molecule has 3 aromatic rings. The summed E-state index contributed by atoms with van der Waals surface area (Å²) in [6.45, 7) is 2.61. The summed E-state index contributed by atoms with van der Waals surface area (Å²) in [4.78, 5) is 19.3. The summed E-state index contributed by atoms with van der Waals surface area (Å²) in [6, 6.07) is 9.46. The van der Waals surface area contributed by atoms with Gasteiger partial charge in [-0.05, 0) is 62.2 Å². The van der Waals surface area contributed by atoms with Gasteiger partial charge in [-0.2, -0.15) is 0 Å². The standard InChI is InChI=1S/C23H26N4O4S/c1-15-6-7-16(31-15)9-11-21-24-23(26-25-21)32-14-22(28)27-12-4-5-19(27)18-13-17(29-2)8-10-20(18)30-3/h6-11,13,19H,4-5,12,14H2,1-3H3,(H,24,25,26)/b11-9+. The van der Waals surface area contributed by atoms with Crippen LogP contribution in [-0.4, -0.2) is 52.5 Å². The third-order valence-corrected chi connectivity index (χ3v) is 6.17. The molecule has 9 heteroatoms. The minimum absolute atomic E-state index is 0.0319. The molecule has 1 unspecified atom stereocenters. The number of rotatable bonds is 8. The maximum Gasteiger partial charge on any atom is 0.233 e. The van der Waals surface area contributed by atoms with Crippen LogP contribution < -0.4 is 9.47 Å². The lowest BCUT2D eigenvalue weighted by Gasteiger charge is -2.26. The van der Waals surface area contributed by atoms with Crippen LogP contribution in [0, 0.1) is 6.92 Å². The first kappa shape index (κ1) is 22.0. The Balaban J connectivity index is 1.39. The van der Waals surface area contributed by atoms with Crippen molar-refractivity contribution in [2.45, 2.75) is 31.0 Å². The lowest BCUT2D eigenvalue weighted by molar-refractivity contribution is -0.129. The van der Waals surface area contributed by atoms with Crippen molar-refractivity contribution < 1.29 is 18.7 Å². The lowest BCUT2D eigenvalue weighted by atomic mass is 10.0. The minimum atomic E-state index is -0.0319. The summed E-state index contributed by atoms with van der Waals surface area (Å²) in [5, 5.41) is 7.60. The molecule has 1 fully saturated rings. The molecule has 1 aromatic carbocycles. The van der Waals surface area contributed by atoms with E-state index in [0.29, 0.717) is 11.0 Å². The fourth-order valence-electron chi connectivity index (χ4n) is 3.80. The Bertz CT molecular complexity index is 1110. The predicted molar refractivity (Wildman–Crippen MR) is 123 cm³/mol. The summed E-state index contributed by atoms with van der Waals surface area (Å²) in [7, 11) is 3.28. The number of H-pyrrole nitrogens is 1. The minimum Gasteiger partial charge on any atom is -0.497 e. The maximum absolute atomic E-state index is 13.0. The van der Waals surface area contributed by atoms with Crippen molar-refractivity contribution in [2.24, 2.45) is 0 Å². The second kappa shape index (κ2) is 9.95. The average Bonchev–Trinajstić information content (AvgIpc) is 3.56. The first-order valence-electron chi connectivity index (χ1n) is 10.4. The Morgan fingerprint density at radius 3 is 2.91 bits per heavy atom. The number of methoxy groups -OCH3 is 2. The first-order valence-corrected chi connectivity index (χ1v) is 11.4. The fraction of sp³-hybridized carbons (Fsp3) is 0.348. The lowest BCUT2D eigenvalue weighted by Crippen LogP contribution is -2.32. The summed E-state index contributed by atoms with van der Waals surface area (Å²) >= 11 is 1.32. The SMILES string of the molecule is COc1ccc(OC)c(C2CCCN2C(=O)CSc2n[nH]c(/C=C/c3ccc(C)o3)n2)c1. The zero-order chi connectivity index (χ0) is 22.5. The van der Waals surface area contributed by atoms with Gasteiger partial charge < -0.3 is 18.8 Å². The zero-order valence-electron chi connectivity index (χ0n) is 18.3. The molecule has 32 heavy (non-hydrogen) atoms. The molecule has 0 bridgehead atoms. The Labute approximate surface area is 191 Å². The normalized spacial score (nSPS) is 16.1. The number of likely N-dealkylation sites (tertiary alicyclic amines) is 1. The first-order chi connectivity index (χ1) is 15.6. The van der Waals surface area contributed by atoms with Gasteiger partial charge in [0.25, 0.3) is 0 Å². The molecule has 1 aliphatic heterocycles. The van der Waals surface area contributed by atoms with Crippen LogP contribution in [0.25, 0.3) is 12.2 Å². The van der Waals surface area contributed by atoms with E-state index in [2.05, 4.69) is 15.2 Å². The molecule has 1 saturated heterocycles. The number of benzene rings is 1. The molecule has 0 aliphatic carbocycles. The number of aromatic amines is 1. The van der Waals surface area contributed by atoms with Gasteiger partial charge in [0, 0.05) is 12.1 Å². The third-order valence-electron chi connectivity index (χ3n) is 5.34. The number of ether oxygens (including phenoxy) is 2. The highest BCUT2D eigenvalue weighted by molar-refractivity contribution is 7.99. The highest BCUT2D eigenvalue weighted by Gasteiger charge is 2.32. The van der Waals surface area contributed by atoms with Crippen molar-refractivity contribution in [3.63, 3.8) is 0 Å². The van der Waals surface area contributed by atoms with Crippen molar-refractivity contribution in [3.05, 3.63) is 53.2 Å². The number of aromatic nitrogens is 3. The third kappa shape index (κ3) is 4.99. The van der Waals surface area contributed by atoms with Crippen molar-refractivity contribution in [1.82, 2.24) is 20.1 Å². The summed E-state index contributed by atoms with van der Waals surface area (Å²) in [5.74, 6) is 4.03. The topological polar surface area (TPSA) is 93.5 Å². The van der Waals surface area contributed by atoms with E-state index in [1.54, 1.807) is 20.3 Å². The molecular formula is C23H26N4O4S. The maximum atomic E-state index is 13.0. The molecule has 0 saturated carbocycles. The smallest absolute Gasteiger partial charge is 0.233 e. The van der Waals surface area contributed by atoms with Gasteiger partial charge in [-0.3, -0.25) is 9.89 Å². The van der Waals surface area contributed by atoms with Gasteiger partial charge in [-0.1, -0.05) is 11.8 Å². The van der Waals surface area contributed by atoms with Crippen LogP contribution in [0.5, 0.6) is 11.5 Å². The molecule has 1 N–H and O–H groups in total. The van der Waals surface area contributed by atoms with E-state index in [1.807, 2.05) is 48.2 Å². The van der Waals surface area contributed by atoms with Gasteiger partial charge in [-0.15, -0.1) is 5.10 Å². The van der Waals surface area contributed by atoms with E-state index in [-0.39, 0.29) is 17.7 Å². The quantitative estimate of drug-likeness (QED) is 0.506. The van der Waals surface area contributed by atoms with E-state index < -0.39 is 0 Å². The molecule has 8 nitrogen and oxygen atoms in total. The van der Waals surface area contributed by atoms with Crippen LogP contribution in [0.1, 0.15) is 41.8 Å². The monoisotopic (exact) mass is 454 g/mol. The molecule has 1 atom stereocenters. The molecule has 2 aromatic heterocycles. The number of hydrogen-bond acceptors (Lipinski definition) is 7. The van der Waals surface area contributed by atoms with Crippen LogP contribution in [0.4, 0.5) is 0 Å². The second-order valence-corrected chi connectivity index (χ2v) is 8.37. The molecule has 1 aliphatic rings. The number of thioether (sulfide) groups is 1. The Hall–Kier alpha value is -3.20. The summed E-state index contributed by atoms with van der Waals surface area (Å²) in [6.07, 6.45) is 5.46. The number of amides is 1. The van der Waals surface area contributed by atoms with Crippen molar-refractivity contribution in [2.75, 3.05) is 26.5 Å². The number of aryl methyl sites for hydroxylation is 1. The second-order valence-electron chi connectivity index (χ2n) is 7.43. The predicted octanol–water partition coefficient (Wildman–Crippen LogP) is 4.35. The Morgan fingerprint density at radius 2 is 2.16 bits per heavy atom. The zero-order valence-corrected chi connectivity index (χ0v) is 19.1.